The van der Waals surface area contributed by atoms with Crippen molar-refractivity contribution in [2.75, 3.05) is 13.7 Å². The molecule has 1 saturated heterocycles. The number of hydrogen-bond donors (Lipinski definition) is 1. The van der Waals surface area contributed by atoms with E-state index in [-0.39, 0.29) is 0 Å². The topological polar surface area (TPSA) is 36.3 Å². The summed E-state index contributed by atoms with van der Waals surface area (Å²) in [5.41, 5.74) is 1.24. The second kappa shape index (κ2) is 5.01. The van der Waals surface area contributed by atoms with Gasteiger partial charge < -0.3 is 9.64 Å². The average Bonchev–Trinajstić information content (AvgIpc) is 2.33. The smallest absolute Gasteiger partial charge is 0.118 e. The van der Waals surface area contributed by atoms with Gasteiger partial charge in [-0.05, 0) is 30.5 Å². The molecule has 0 unspecified atom stereocenters. The molecular formula is C13H18N2O. The van der Waals surface area contributed by atoms with Crippen molar-refractivity contribution in [1.29, 1.82) is 5.41 Å². The van der Waals surface area contributed by atoms with Crippen molar-refractivity contribution in [3.05, 3.63) is 29.8 Å². The Balaban J connectivity index is 1.99. The lowest BCUT2D eigenvalue weighted by Gasteiger charge is -2.29. The highest BCUT2D eigenvalue weighted by Gasteiger charge is 2.14. The summed E-state index contributed by atoms with van der Waals surface area (Å²) in [4.78, 5) is 2.16. The van der Waals surface area contributed by atoms with Crippen LogP contribution < -0.4 is 4.74 Å². The van der Waals surface area contributed by atoms with Crippen LogP contribution in [0.3, 0.4) is 0 Å². The van der Waals surface area contributed by atoms with E-state index in [4.69, 9.17) is 10.1 Å². The number of methoxy groups -OCH3 is 1. The van der Waals surface area contributed by atoms with Gasteiger partial charge in [-0.2, -0.15) is 0 Å². The molecule has 1 fully saturated rings. The first-order valence-corrected chi connectivity index (χ1v) is 5.75. The standard InChI is InChI=1S/C13H18N2O/c1-16-12-7-5-11(6-8-12)10-15-9-3-2-4-13(15)14/h5-8,14H,2-4,9-10H2,1H3. The van der Waals surface area contributed by atoms with Crippen LogP contribution in [0.25, 0.3) is 0 Å². The lowest BCUT2D eigenvalue weighted by Crippen LogP contribution is -2.34. The summed E-state index contributed by atoms with van der Waals surface area (Å²) in [7, 11) is 1.68. The highest BCUT2D eigenvalue weighted by Crippen LogP contribution is 2.16. The van der Waals surface area contributed by atoms with Crippen LogP contribution >= 0.6 is 0 Å². The van der Waals surface area contributed by atoms with Crippen LogP contribution in [0.4, 0.5) is 0 Å². The fraction of sp³-hybridized carbons (Fsp3) is 0.462. The monoisotopic (exact) mass is 218 g/mol. The van der Waals surface area contributed by atoms with Crippen molar-refractivity contribution in [3.63, 3.8) is 0 Å². The van der Waals surface area contributed by atoms with Gasteiger partial charge in [0.1, 0.15) is 5.75 Å². The Morgan fingerprint density at radius 2 is 2.00 bits per heavy atom. The Hall–Kier alpha value is -1.51. The molecule has 0 bridgehead atoms. The molecule has 1 aromatic carbocycles. The minimum atomic E-state index is 0.780. The van der Waals surface area contributed by atoms with E-state index in [2.05, 4.69) is 17.0 Å². The third-order valence-corrected chi connectivity index (χ3v) is 3.01. The molecule has 0 radical (unpaired) electrons. The fourth-order valence-electron chi connectivity index (χ4n) is 2.01. The van der Waals surface area contributed by atoms with E-state index in [0.29, 0.717) is 0 Å². The molecule has 1 aromatic rings. The van der Waals surface area contributed by atoms with Crippen molar-refractivity contribution in [1.82, 2.24) is 4.90 Å². The largest absolute Gasteiger partial charge is 0.497 e. The number of ether oxygens (including phenoxy) is 1. The van der Waals surface area contributed by atoms with Crippen LogP contribution in [-0.2, 0) is 6.54 Å². The maximum Gasteiger partial charge on any atom is 0.118 e. The second-order valence-electron chi connectivity index (χ2n) is 4.17. The number of hydrogen-bond acceptors (Lipinski definition) is 2. The zero-order chi connectivity index (χ0) is 11.4. The van der Waals surface area contributed by atoms with Crippen LogP contribution in [-0.4, -0.2) is 24.4 Å². The number of rotatable bonds is 3. The highest BCUT2D eigenvalue weighted by atomic mass is 16.5. The van der Waals surface area contributed by atoms with E-state index in [1.54, 1.807) is 7.11 Å². The summed E-state index contributed by atoms with van der Waals surface area (Å²) in [5, 5.41) is 7.87. The first kappa shape index (κ1) is 11.0. The molecule has 0 aliphatic carbocycles. The maximum absolute atomic E-state index is 7.87. The van der Waals surface area contributed by atoms with Gasteiger partial charge in [-0.3, -0.25) is 5.41 Å². The van der Waals surface area contributed by atoms with E-state index >= 15 is 0 Å². The maximum atomic E-state index is 7.87. The van der Waals surface area contributed by atoms with Crippen molar-refractivity contribution < 1.29 is 4.74 Å². The van der Waals surface area contributed by atoms with E-state index in [1.807, 2.05) is 12.1 Å². The number of likely N-dealkylation sites (tertiary alicyclic amines) is 1. The van der Waals surface area contributed by atoms with Crippen molar-refractivity contribution in [2.24, 2.45) is 0 Å². The number of nitrogens with zero attached hydrogens (tertiary/aromatic N) is 1. The average molecular weight is 218 g/mol. The molecule has 3 heteroatoms. The number of amidine groups is 1. The van der Waals surface area contributed by atoms with Gasteiger partial charge in [0.05, 0.1) is 12.9 Å². The lowest BCUT2D eigenvalue weighted by molar-refractivity contribution is 0.360. The molecular weight excluding hydrogens is 200 g/mol. The van der Waals surface area contributed by atoms with E-state index in [0.717, 1.165) is 37.5 Å². The van der Waals surface area contributed by atoms with Crippen LogP contribution in [0.2, 0.25) is 0 Å². The molecule has 1 heterocycles. The molecule has 1 aliphatic heterocycles. The van der Waals surface area contributed by atoms with Crippen molar-refractivity contribution in [3.8, 4) is 5.75 Å². The Bertz CT molecular complexity index is 359. The van der Waals surface area contributed by atoms with E-state index in [9.17, 15) is 0 Å². The minimum Gasteiger partial charge on any atom is -0.497 e. The predicted molar refractivity (Wildman–Crippen MR) is 65.0 cm³/mol. The number of nitrogens with one attached hydrogen (secondary N) is 1. The zero-order valence-corrected chi connectivity index (χ0v) is 9.70. The molecule has 0 amide bonds. The molecule has 1 N–H and O–H groups in total. The molecule has 0 saturated carbocycles. The SMILES string of the molecule is COc1ccc(CN2CCCCC2=N)cc1. The third kappa shape index (κ3) is 2.54. The van der Waals surface area contributed by atoms with Crippen LogP contribution in [0.1, 0.15) is 24.8 Å². The van der Waals surface area contributed by atoms with Gasteiger partial charge >= 0.3 is 0 Å². The highest BCUT2D eigenvalue weighted by molar-refractivity contribution is 5.79. The van der Waals surface area contributed by atoms with Crippen LogP contribution in [0.15, 0.2) is 24.3 Å². The van der Waals surface area contributed by atoms with Crippen molar-refractivity contribution >= 4 is 5.84 Å². The predicted octanol–water partition coefficient (Wildman–Crippen LogP) is 2.66. The van der Waals surface area contributed by atoms with Crippen LogP contribution in [0, 0.1) is 5.41 Å². The second-order valence-corrected chi connectivity index (χ2v) is 4.17. The Labute approximate surface area is 96.5 Å². The van der Waals surface area contributed by atoms with Crippen molar-refractivity contribution in [2.45, 2.75) is 25.8 Å². The quantitative estimate of drug-likeness (QED) is 0.846. The first-order chi connectivity index (χ1) is 7.79. The van der Waals surface area contributed by atoms with Gasteiger partial charge in [-0.15, -0.1) is 0 Å². The molecule has 0 spiro atoms. The van der Waals surface area contributed by atoms with Gasteiger partial charge in [0, 0.05) is 19.5 Å². The molecule has 3 nitrogen and oxygen atoms in total. The summed E-state index contributed by atoms with van der Waals surface area (Å²) in [6.45, 7) is 1.87. The molecule has 2 rings (SSSR count). The zero-order valence-electron chi connectivity index (χ0n) is 9.70. The first-order valence-electron chi connectivity index (χ1n) is 5.75. The molecule has 0 atom stereocenters. The fourth-order valence-corrected chi connectivity index (χ4v) is 2.01. The molecule has 0 aromatic heterocycles. The summed E-state index contributed by atoms with van der Waals surface area (Å²) in [6.07, 6.45) is 3.30. The Morgan fingerprint density at radius 3 is 2.62 bits per heavy atom. The van der Waals surface area contributed by atoms with Gasteiger partial charge in [0.25, 0.3) is 0 Å². The van der Waals surface area contributed by atoms with Gasteiger partial charge in [0.2, 0.25) is 0 Å². The van der Waals surface area contributed by atoms with Gasteiger partial charge in [-0.25, -0.2) is 0 Å². The Kier molecular flexibility index (Phi) is 3.44. The van der Waals surface area contributed by atoms with Gasteiger partial charge in [-0.1, -0.05) is 12.1 Å². The number of benzene rings is 1. The lowest BCUT2D eigenvalue weighted by atomic mass is 10.1. The van der Waals surface area contributed by atoms with E-state index in [1.165, 1.54) is 12.0 Å². The minimum absolute atomic E-state index is 0.780. The van der Waals surface area contributed by atoms with E-state index < -0.39 is 0 Å². The number of piperidine rings is 1. The summed E-state index contributed by atoms with van der Waals surface area (Å²) >= 11 is 0. The van der Waals surface area contributed by atoms with Gasteiger partial charge in [0.15, 0.2) is 0 Å². The normalized spacial score (nSPS) is 16.3. The molecule has 86 valence electrons. The third-order valence-electron chi connectivity index (χ3n) is 3.01. The summed E-state index contributed by atoms with van der Waals surface area (Å²) < 4.78 is 5.12. The summed E-state index contributed by atoms with van der Waals surface area (Å²) in [5.74, 6) is 1.67. The molecule has 16 heavy (non-hydrogen) atoms. The molecule has 1 aliphatic rings. The summed E-state index contributed by atoms with van der Waals surface area (Å²) in [6, 6.07) is 8.09. The Morgan fingerprint density at radius 1 is 1.25 bits per heavy atom. The van der Waals surface area contributed by atoms with Crippen LogP contribution in [0.5, 0.6) is 5.75 Å².